The number of oxazole rings is 1. The number of hydroxylamine groups is 1. The van der Waals surface area contributed by atoms with Crippen molar-refractivity contribution in [3.05, 3.63) is 77.8 Å². The number of hydrogen-bond acceptors (Lipinski definition) is 4. The lowest BCUT2D eigenvalue weighted by molar-refractivity contribution is -0.136. The average molecular weight is 378 g/mol. The van der Waals surface area contributed by atoms with Gasteiger partial charge in [-0.05, 0) is 24.0 Å². The van der Waals surface area contributed by atoms with Gasteiger partial charge in [-0.25, -0.2) is 14.9 Å². The van der Waals surface area contributed by atoms with E-state index in [2.05, 4.69) is 4.98 Å². The summed E-state index contributed by atoms with van der Waals surface area (Å²) in [5.74, 6) is -0.419. The Morgan fingerprint density at radius 3 is 2.32 bits per heavy atom. The van der Waals surface area contributed by atoms with Gasteiger partial charge in [0.15, 0.2) is 11.7 Å². The molecule has 5 nitrogen and oxygen atoms in total. The van der Waals surface area contributed by atoms with Gasteiger partial charge in [0.2, 0.25) is 5.67 Å². The first-order valence-corrected chi connectivity index (χ1v) is 9.37. The molecule has 0 aliphatic heterocycles. The van der Waals surface area contributed by atoms with Crippen LogP contribution < -0.4 is 5.48 Å². The summed E-state index contributed by atoms with van der Waals surface area (Å²) in [5.41, 5.74) is 1.59. The van der Waals surface area contributed by atoms with E-state index in [0.717, 1.165) is 29.9 Å². The van der Waals surface area contributed by atoms with Crippen LogP contribution in [-0.4, -0.2) is 21.8 Å². The van der Waals surface area contributed by atoms with Gasteiger partial charge >= 0.3 is 0 Å². The van der Waals surface area contributed by atoms with Crippen LogP contribution >= 0.6 is 0 Å². The van der Waals surface area contributed by atoms with E-state index in [1.165, 1.54) is 5.48 Å². The summed E-state index contributed by atoms with van der Waals surface area (Å²) < 4.78 is 21.3. The Hall–Kier alpha value is -2.99. The van der Waals surface area contributed by atoms with E-state index in [1.807, 2.05) is 30.3 Å². The molecule has 2 saturated carbocycles. The van der Waals surface area contributed by atoms with E-state index in [4.69, 9.17) is 9.62 Å². The molecule has 3 atom stereocenters. The molecule has 0 saturated heterocycles. The molecule has 2 aromatic carbocycles. The molecule has 28 heavy (non-hydrogen) atoms. The van der Waals surface area contributed by atoms with Gasteiger partial charge in [-0.1, -0.05) is 54.6 Å². The lowest BCUT2D eigenvalue weighted by Gasteiger charge is -2.06. The first kappa shape index (κ1) is 17.1. The van der Waals surface area contributed by atoms with Gasteiger partial charge in [-0.2, -0.15) is 0 Å². The molecular weight excluding hydrogens is 359 g/mol. The predicted molar refractivity (Wildman–Crippen MR) is 99.6 cm³/mol. The highest BCUT2D eigenvalue weighted by Gasteiger charge is 2.72. The van der Waals surface area contributed by atoms with Crippen molar-refractivity contribution in [3.63, 3.8) is 0 Å². The number of benzene rings is 2. The van der Waals surface area contributed by atoms with Crippen LogP contribution in [0, 0.1) is 0 Å². The highest BCUT2D eigenvalue weighted by atomic mass is 19.1. The van der Waals surface area contributed by atoms with Crippen LogP contribution in [0.5, 0.6) is 0 Å². The van der Waals surface area contributed by atoms with Crippen molar-refractivity contribution in [2.45, 2.75) is 36.3 Å². The van der Waals surface area contributed by atoms with Gasteiger partial charge in [0, 0.05) is 23.3 Å². The molecule has 2 aliphatic carbocycles. The number of halogens is 1. The number of alkyl halides is 1. The van der Waals surface area contributed by atoms with E-state index in [0.29, 0.717) is 17.2 Å². The molecule has 0 unspecified atom stereocenters. The van der Waals surface area contributed by atoms with Crippen molar-refractivity contribution >= 4 is 5.91 Å². The fourth-order valence-corrected chi connectivity index (χ4v) is 4.05. The molecule has 0 radical (unpaired) electrons. The van der Waals surface area contributed by atoms with Crippen molar-refractivity contribution in [3.8, 4) is 11.3 Å². The lowest BCUT2D eigenvalue weighted by atomic mass is 10.0. The van der Waals surface area contributed by atoms with Crippen LogP contribution in [0.25, 0.3) is 11.3 Å². The van der Waals surface area contributed by atoms with Crippen LogP contribution in [0.4, 0.5) is 4.39 Å². The fourth-order valence-electron chi connectivity index (χ4n) is 4.05. The number of nitrogens with zero attached hydrogens (tertiary/aromatic N) is 1. The van der Waals surface area contributed by atoms with Gasteiger partial charge < -0.3 is 4.42 Å². The normalized spacial score (nSPS) is 26.1. The van der Waals surface area contributed by atoms with Gasteiger partial charge in [0.25, 0.3) is 5.91 Å². The summed E-state index contributed by atoms with van der Waals surface area (Å²) in [6, 6.07) is 16.4. The van der Waals surface area contributed by atoms with Crippen molar-refractivity contribution in [2.24, 2.45) is 0 Å². The molecule has 2 N–H and O–H groups in total. The molecule has 142 valence electrons. The van der Waals surface area contributed by atoms with Gasteiger partial charge in [-0.15, -0.1) is 0 Å². The number of carbonyl (C=O) groups excluding carboxylic acids is 1. The zero-order valence-electron chi connectivity index (χ0n) is 15.0. The summed E-state index contributed by atoms with van der Waals surface area (Å²) in [6.45, 7) is 0. The SMILES string of the molecule is O=C(NO)[C@@]1(F)[C@H](c2ccccc2)[C@H]1c1ccc(-c2cnc(C3CC3)o2)cc1. The Labute approximate surface area is 161 Å². The largest absolute Gasteiger partial charge is 0.440 e. The van der Waals surface area contributed by atoms with Crippen LogP contribution in [-0.2, 0) is 4.79 Å². The maximum Gasteiger partial charge on any atom is 0.282 e. The van der Waals surface area contributed by atoms with Gasteiger partial charge in [0.05, 0.1) is 6.20 Å². The molecule has 1 aromatic heterocycles. The third-order valence-corrected chi connectivity index (χ3v) is 5.74. The second-order valence-corrected chi connectivity index (χ2v) is 7.53. The van der Waals surface area contributed by atoms with E-state index in [1.54, 1.807) is 30.5 Å². The Kier molecular flexibility index (Phi) is 3.84. The van der Waals surface area contributed by atoms with E-state index in [-0.39, 0.29) is 0 Å². The molecule has 6 heteroatoms. The Morgan fingerprint density at radius 2 is 1.71 bits per heavy atom. The molecular formula is C22H19FN2O3. The Morgan fingerprint density at radius 1 is 1.07 bits per heavy atom. The smallest absolute Gasteiger partial charge is 0.282 e. The van der Waals surface area contributed by atoms with Crippen LogP contribution in [0.15, 0.2) is 65.2 Å². The van der Waals surface area contributed by atoms with Crippen molar-refractivity contribution in [1.82, 2.24) is 10.5 Å². The van der Waals surface area contributed by atoms with Crippen LogP contribution in [0.1, 0.15) is 47.6 Å². The number of hydrogen-bond donors (Lipinski definition) is 2. The summed E-state index contributed by atoms with van der Waals surface area (Å²) in [5, 5.41) is 9.03. The topological polar surface area (TPSA) is 75.4 Å². The quantitative estimate of drug-likeness (QED) is 0.512. The average Bonchev–Trinajstić information content (AvgIpc) is 3.64. The molecule has 1 heterocycles. The van der Waals surface area contributed by atoms with Crippen LogP contribution in [0.2, 0.25) is 0 Å². The number of nitrogens with one attached hydrogen (secondary N) is 1. The molecule has 1 amide bonds. The summed E-state index contributed by atoms with van der Waals surface area (Å²) in [4.78, 5) is 16.4. The lowest BCUT2D eigenvalue weighted by Crippen LogP contribution is -2.33. The fraction of sp³-hybridized carbons (Fsp3) is 0.273. The van der Waals surface area contributed by atoms with E-state index in [9.17, 15) is 4.79 Å². The highest BCUT2D eigenvalue weighted by Crippen LogP contribution is 2.66. The molecule has 5 rings (SSSR count). The third-order valence-electron chi connectivity index (χ3n) is 5.74. The molecule has 2 aliphatic rings. The first-order chi connectivity index (χ1) is 13.6. The predicted octanol–water partition coefficient (Wildman–Crippen LogP) is 4.31. The maximum atomic E-state index is 15.5. The van der Waals surface area contributed by atoms with E-state index < -0.39 is 23.4 Å². The summed E-state index contributed by atoms with van der Waals surface area (Å²) in [6.07, 6.45) is 3.95. The Balaban J connectivity index is 1.44. The number of amides is 1. The zero-order valence-corrected chi connectivity index (χ0v) is 15.0. The standard InChI is InChI=1S/C22H19FN2O3/c23-22(21(26)25-27)18(14-4-2-1-3-5-14)19(22)15-8-6-13(7-9-15)17-12-24-20(28-17)16-10-11-16/h1-9,12,16,18-19,27H,10-11H2,(H,25,26)/t18-,19-,22-/m1/s1. The number of carbonyl (C=O) groups is 1. The monoisotopic (exact) mass is 378 g/mol. The first-order valence-electron chi connectivity index (χ1n) is 9.37. The second-order valence-electron chi connectivity index (χ2n) is 7.53. The third kappa shape index (κ3) is 2.64. The van der Waals surface area contributed by atoms with Gasteiger partial charge in [-0.3, -0.25) is 10.0 Å². The van der Waals surface area contributed by atoms with Crippen molar-refractivity contribution in [1.29, 1.82) is 0 Å². The van der Waals surface area contributed by atoms with Crippen LogP contribution in [0.3, 0.4) is 0 Å². The molecule has 3 aromatic rings. The Bertz CT molecular complexity index is 1010. The number of rotatable bonds is 5. The minimum atomic E-state index is -2.18. The second kappa shape index (κ2) is 6.27. The summed E-state index contributed by atoms with van der Waals surface area (Å²) >= 11 is 0. The van der Waals surface area contributed by atoms with Crippen molar-refractivity contribution in [2.75, 3.05) is 0 Å². The van der Waals surface area contributed by atoms with E-state index >= 15 is 4.39 Å². The molecule has 0 bridgehead atoms. The maximum absolute atomic E-state index is 15.5. The minimum absolute atomic E-state index is 0.440. The molecule has 0 spiro atoms. The van der Waals surface area contributed by atoms with Gasteiger partial charge in [0.1, 0.15) is 0 Å². The summed E-state index contributed by atoms with van der Waals surface area (Å²) in [7, 11) is 0. The zero-order chi connectivity index (χ0) is 19.3. The number of aromatic nitrogens is 1. The minimum Gasteiger partial charge on any atom is -0.440 e. The highest BCUT2D eigenvalue weighted by molar-refractivity contribution is 5.92. The molecule has 2 fully saturated rings. The van der Waals surface area contributed by atoms with Crippen molar-refractivity contribution < 1.29 is 18.8 Å².